The summed E-state index contributed by atoms with van der Waals surface area (Å²) in [6.07, 6.45) is 0.463. The lowest BCUT2D eigenvalue weighted by molar-refractivity contribution is -0.384. The minimum atomic E-state index is -0.475. The Morgan fingerprint density at radius 1 is 1.24 bits per heavy atom. The first kappa shape index (κ1) is 18.6. The lowest BCUT2D eigenvalue weighted by Crippen LogP contribution is -2.39. The predicted molar refractivity (Wildman–Crippen MR) is 95.3 cm³/mol. The van der Waals surface area contributed by atoms with E-state index in [1.54, 1.807) is 11.8 Å². The average molecular weight is 342 g/mol. The molecule has 0 heterocycles. The number of carbonyl (C=O) groups excluding carboxylic acids is 1. The summed E-state index contributed by atoms with van der Waals surface area (Å²) in [6.45, 7) is 3.98. The molecule has 1 unspecified atom stereocenters. The maximum atomic E-state index is 13.0. The maximum Gasteiger partial charge on any atom is 0.269 e. The zero-order chi connectivity index (χ0) is 18.4. The van der Waals surface area contributed by atoms with Gasteiger partial charge >= 0.3 is 0 Å². The first-order chi connectivity index (χ1) is 11.9. The molecular weight excluding hydrogens is 320 g/mol. The van der Waals surface area contributed by atoms with Gasteiger partial charge in [0.25, 0.3) is 11.6 Å². The first-order valence-electron chi connectivity index (χ1n) is 8.15. The topological polar surface area (TPSA) is 83.7 Å². The van der Waals surface area contributed by atoms with Crippen molar-refractivity contribution in [1.29, 1.82) is 0 Å². The van der Waals surface area contributed by atoms with Crippen molar-refractivity contribution in [2.45, 2.75) is 32.9 Å². The molecule has 6 nitrogen and oxygen atoms in total. The molecule has 0 saturated heterocycles. The quantitative estimate of drug-likeness (QED) is 0.618. The maximum absolute atomic E-state index is 13.0. The van der Waals surface area contributed by atoms with E-state index < -0.39 is 4.92 Å². The monoisotopic (exact) mass is 342 g/mol. The Hall–Kier alpha value is -2.73. The van der Waals surface area contributed by atoms with Gasteiger partial charge in [0.1, 0.15) is 0 Å². The minimum absolute atomic E-state index is 0.0149. The lowest BCUT2D eigenvalue weighted by atomic mass is 10.0. The van der Waals surface area contributed by atoms with Crippen molar-refractivity contribution in [3.8, 4) is 0 Å². The Kier molecular flexibility index (Phi) is 6.25. The molecule has 0 aliphatic rings. The van der Waals surface area contributed by atoms with E-state index in [2.05, 4.69) is 0 Å². The fourth-order valence-corrected chi connectivity index (χ4v) is 2.71. The summed E-state index contributed by atoms with van der Waals surface area (Å²) in [5.41, 5.74) is 1.95. The molecule has 0 aliphatic carbocycles. The van der Waals surface area contributed by atoms with Gasteiger partial charge < -0.3 is 10.0 Å². The molecule has 25 heavy (non-hydrogen) atoms. The molecule has 2 aromatic carbocycles. The SMILES string of the molecule is Cc1cc([N+](=O)[O-])ccc1C(=O)N(Cc1ccccc1)C(C)CCO. The summed E-state index contributed by atoms with van der Waals surface area (Å²) in [5, 5.41) is 20.1. The number of hydrogen-bond donors (Lipinski definition) is 1. The standard InChI is InChI=1S/C19H22N2O4/c1-14-12-17(21(24)25)8-9-18(14)19(23)20(15(2)10-11-22)13-16-6-4-3-5-7-16/h3-9,12,15,22H,10-11,13H2,1-2H3. The second-order valence-corrected chi connectivity index (χ2v) is 6.04. The van der Waals surface area contributed by atoms with Crippen LogP contribution in [0.25, 0.3) is 0 Å². The van der Waals surface area contributed by atoms with Crippen molar-refractivity contribution in [3.05, 3.63) is 75.3 Å². The van der Waals surface area contributed by atoms with Gasteiger partial charge in [-0.15, -0.1) is 0 Å². The molecule has 0 spiro atoms. The number of benzene rings is 2. The molecule has 132 valence electrons. The minimum Gasteiger partial charge on any atom is -0.396 e. The molecule has 0 aromatic heterocycles. The number of nitrogens with zero attached hydrogens (tertiary/aromatic N) is 2. The van der Waals surface area contributed by atoms with Crippen LogP contribution in [0.3, 0.4) is 0 Å². The number of nitro groups is 1. The Bertz CT molecular complexity index is 746. The zero-order valence-electron chi connectivity index (χ0n) is 14.4. The number of carbonyl (C=O) groups is 1. The number of aliphatic hydroxyl groups is 1. The van der Waals surface area contributed by atoms with Crippen LogP contribution in [0.15, 0.2) is 48.5 Å². The van der Waals surface area contributed by atoms with E-state index in [0.717, 1.165) is 5.56 Å². The second kappa shape index (κ2) is 8.39. The molecule has 1 amide bonds. The molecule has 2 aromatic rings. The van der Waals surface area contributed by atoms with E-state index >= 15 is 0 Å². The smallest absolute Gasteiger partial charge is 0.269 e. The molecule has 0 bridgehead atoms. The van der Waals surface area contributed by atoms with Crippen molar-refractivity contribution in [2.75, 3.05) is 6.61 Å². The molecule has 0 saturated carbocycles. The van der Waals surface area contributed by atoms with E-state index in [1.165, 1.54) is 18.2 Å². The highest BCUT2D eigenvalue weighted by Crippen LogP contribution is 2.21. The summed E-state index contributed by atoms with van der Waals surface area (Å²) in [6, 6.07) is 13.7. The van der Waals surface area contributed by atoms with Gasteiger partial charge in [-0.3, -0.25) is 14.9 Å². The largest absolute Gasteiger partial charge is 0.396 e. The molecule has 0 radical (unpaired) electrons. The van der Waals surface area contributed by atoms with Crippen LogP contribution in [-0.2, 0) is 6.54 Å². The number of non-ortho nitro benzene ring substituents is 1. The summed E-state index contributed by atoms with van der Waals surface area (Å²) >= 11 is 0. The summed E-state index contributed by atoms with van der Waals surface area (Å²) in [5.74, 6) is -0.197. The summed E-state index contributed by atoms with van der Waals surface area (Å²) in [7, 11) is 0. The van der Waals surface area contributed by atoms with E-state index in [-0.39, 0.29) is 24.2 Å². The van der Waals surface area contributed by atoms with Gasteiger partial charge in [0.15, 0.2) is 0 Å². The Morgan fingerprint density at radius 2 is 1.92 bits per heavy atom. The van der Waals surface area contributed by atoms with E-state index in [9.17, 15) is 20.0 Å². The summed E-state index contributed by atoms with van der Waals surface area (Å²) < 4.78 is 0. The highest BCUT2D eigenvalue weighted by molar-refractivity contribution is 5.96. The first-order valence-corrected chi connectivity index (χ1v) is 8.15. The number of amides is 1. The Morgan fingerprint density at radius 3 is 2.48 bits per heavy atom. The van der Waals surface area contributed by atoms with Crippen LogP contribution in [0.4, 0.5) is 5.69 Å². The Balaban J connectivity index is 2.33. The fourth-order valence-electron chi connectivity index (χ4n) is 2.71. The van der Waals surface area contributed by atoms with Crippen LogP contribution in [-0.4, -0.2) is 33.5 Å². The molecule has 6 heteroatoms. The van der Waals surface area contributed by atoms with Crippen LogP contribution < -0.4 is 0 Å². The van der Waals surface area contributed by atoms with E-state index in [1.807, 2.05) is 37.3 Å². The van der Waals surface area contributed by atoms with Crippen molar-refractivity contribution in [1.82, 2.24) is 4.90 Å². The number of aryl methyl sites for hydroxylation is 1. The molecule has 0 fully saturated rings. The van der Waals surface area contributed by atoms with Crippen molar-refractivity contribution in [3.63, 3.8) is 0 Å². The third kappa shape index (κ3) is 4.64. The Labute approximate surface area is 146 Å². The van der Waals surface area contributed by atoms with Crippen LogP contribution in [0, 0.1) is 17.0 Å². The van der Waals surface area contributed by atoms with E-state index in [4.69, 9.17) is 0 Å². The fraction of sp³-hybridized carbons (Fsp3) is 0.316. The highest BCUT2D eigenvalue weighted by atomic mass is 16.6. The molecule has 1 atom stereocenters. The van der Waals surface area contributed by atoms with Gasteiger partial charge in [-0.1, -0.05) is 30.3 Å². The summed E-state index contributed by atoms with van der Waals surface area (Å²) in [4.78, 5) is 25.1. The van der Waals surface area contributed by atoms with Crippen LogP contribution in [0.1, 0.15) is 34.8 Å². The van der Waals surface area contributed by atoms with Crippen LogP contribution in [0.5, 0.6) is 0 Å². The van der Waals surface area contributed by atoms with Crippen molar-refractivity contribution >= 4 is 11.6 Å². The predicted octanol–water partition coefficient (Wildman–Crippen LogP) is 3.32. The van der Waals surface area contributed by atoms with Gasteiger partial charge in [-0.25, -0.2) is 0 Å². The van der Waals surface area contributed by atoms with E-state index in [0.29, 0.717) is 24.1 Å². The molecular formula is C19H22N2O4. The second-order valence-electron chi connectivity index (χ2n) is 6.04. The third-order valence-electron chi connectivity index (χ3n) is 4.19. The zero-order valence-corrected chi connectivity index (χ0v) is 14.4. The van der Waals surface area contributed by atoms with Gasteiger partial charge in [-0.2, -0.15) is 0 Å². The average Bonchev–Trinajstić information content (AvgIpc) is 2.60. The van der Waals surface area contributed by atoms with Crippen molar-refractivity contribution < 1.29 is 14.8 Å². The number of nitro benzene ring substituents is 1. The third-order valence-corrected chi connectivity index (χ3v) is 4.19. The normalized spacial score (nSPS) is 11.8. The van der Waals surface area contributed by atoms with Crippen LogP contribution >= 0.6 is 0 Å². The highest BCUT2D eigenvalue weighted by Gasteiger charge is 2.23. The van der Waals surface area contributed by atoms with Gasteiger partial charge in [-0.05, 0) is 37.5 Å². The van der Waals surface area contributed by atoms with Gasteiger partial charge in [0.2, 0.25) is 0 Å². The van der Waals surface area contributed by atoms with Crippen molar-refractivity contribution in [2.24, 2.45) is 0 Å². The van der Waals surface area contributed by atoms with Crippen LogP contribution in [0.2, 0.25) is 0 Å². The number of rotatable bonds is 7. The lowest BCUT2D eigenvalue weighted by Gasteiger charge is -2.30. The van der Waals surface area contributed by atoms with Gasteiger partial charge in [0, 0.05) is 36.9 Å². The molecule has 2 rings (SSSR count). The number of aliphatic hydroxyl groups excluding tert-OH is 1. The molecule has 1 N–H and O–H groups in total. The molecule has 0 aliphatic heterocycles. The number of hydrogen-bond acceptors (Lipinski definition) is 4. The van der Waals surface area contributed by atoms with Gasteiger partial charge in [0.05, 0.1) is 4.92 Å².